The number of nitrogens with one attached hydrogen (secondary N) is 1. The van der Waals surface area contributed by atoms with Gasteiger partial charge in [0.2, 0.25) is 15.8 Å². The Labute approximate surface area is 174 Å². The number of hydrogen-bond acceptors (Lipinski definition) is 3. The number of rotatable bonds is 7. The number of H-pyrrole nitrogens is 1. The molecule has 4 aromatic rings. The molecule has 0 fully saturated rings. The second kappa shape index (κ2) is 8.23. The van der Waals surface area contributed by atoms with Gasteiger partial charge < -0.3 is 10.3 Å². The summed E-state index contributed by atoms with van der Waals surface area (Å²) >= 11 is 0. The standard InChI is InChI=1S/C23H21N3O3S/c24-30(28,29)18-12-10-16(11-13-18)14-26-22(17-6-2-1-3-7-17)23(27)20-15-25-21-9-5-4-8-19(20)21/h1-13,15,22,25-26H,14H2,(H2,24,28,29)/p+1/t22-/m1/s1. The number of carbonyl (C=O) groups excluding carboxylic acids is 1. The van der Waals surface area contributed by atoms with Gasteiger partial charge in [0.05, 0.1) is 4.90 Å². The number of fused-ring (bicyclic) bond motifs is 1. The van der Waals surface area contributed by atoms with Crippen LogP contribution in [0.2, 0.25) is 0 Å². The summed E-state index contributed by atoms with van der Waals surface area (Å²) in [5.74, 6) is 0.0137. The van der Waals surface area contributed by atoms with Gasteiger partial charge in [0.1, 0.15) is 6.54 Å². The van der Waals surface area contributed by atoms with Gasteiger partial charge >= 0.3 is 0 Å². The summed E-state index contributed by atoms with van der Waals surface area (Å²) in [5, 5.41) is 8.02. The summed E-state index contributed by atoms with van der Waals surface area (Å²) < 4.78 is 22.9. The van der Waals surface area contributed by atoms with Crippen molar-refractivity contribution in [3.05, 3.63) is 102 Å². The molecule has 0 radical (unpaired) electrons. The molecule has 0 unspecified atom stereocenters. The third-order valence-corrected chi connectivity index (χ3v) is 6.07. The van der Waals surface area contributed by atoms with Crippen LogP contribution in [0, 0.1) is 0 Å². The van der Waals surface area contributed by atoms with Crippen LogP contribution in [0.5, 0.6) is 0 Å². The van der Waals surface area contributed by atoms with E-state index in [9.17, 15) is 13.2 Å². The highest BCUT2D eigenvalue weighted by molar-refractivity contribution is 7.89. The maximum Gasteiger partial charge on any atom is 0.238 e. The molecule has 1 atom stereocenters. The second-order valence-corrected chi connectivity index (χ2v) is 8.69. The van der Waals surface area contributed by atoms with Gasteiger partial charge in [-0.25, -0.2) is 13.6 Å². The Bertz CT molecular complexity index is 1280. The van der Waals surface area contributed by atoms with Gasteiger partial charge in [-0.05, 0) is 18.2 Å². The van der Waals surface area contributed by atoms with Gasteiger partial charge in [-0.2, -0.15) is 0 Å². The predicted octanol–water partition coefficient (Wildman–Crippen LogP) is 2.50. The third kappa shape index (κ3) is 4.18. The highest BCUT2D eigenvalue weighted by atomic mass is 32.2. The molecule has 1 heterocycles. The van der Waals surface area contributed by atoms with Crippen LogP contribution in [0.4, 0.5) is 0 Å². The number of nitrogens with two attached hydrogens (primary N) is 2. The third-order valence-electron chi connectivity index (χ3n) is 5.14. The van der Waals surface area contributed by atoms with Gasteiger partial charge in [0.15, 0.2) is 6.04 Å². The first-order valence-corrected chi connectivity index (χ1v) is 11.1. The molecule has 0 aliphatic carbocycles. The summed E-state index contributed by atoms with van der Waals surface area (Å²) in [6.45, 7) is 0.512. The molecule has 30 heavy (non-hydrogen) atoms. The number of para-hydroxylation sites is 1. The van der Waals surface area contributed by atoms with Gasteiger partial charge in [-0.3, -0.25) is 4.79 Å². The van der Waals surface area contributed by atoms with Crippen LogP contribution in [0.3, 0.4) is 0 Å². The minimum absolute atomic E-state index is 0.0137. The molecule has 7 heteroatoms. The van der Waals surface area contributed by atoms with Crippen LogP contribution in [0.25, 0.3) is 10.9 Å². The minimum Gasteiger partial charge on any atom is -0.360 e. The first kappa shape index (κ1) is 20.0. The van der Waals surface area contributed by atoms with Crippen molar-refractivity contribution in [2.24, 2.45) is 5.14 Å². The molecule has 0 aliphatic heterocycles. The molecule has 152 valence electrons. The molecule has 0 aliphatic rings. The maximum absolute atomic E-state index is 13.5. The number of quaternary nitrogens is 1. The molecule has 6 nitrogen and oxygen atoms in total. The quantitative estimate of drug-likeness (QED) is 0.400. The molecule has 5 N–H and O–H groups in total. The van der Waals surface area contributed by atoms with Gasteiger partial charge in [0, 0.05) is 33.8 Å². The molecule has 4 rings (SSSR count). The second-order valence-electron chi connectivity index (χ2n) is 7.13. The monoisotopic (exact) mass is 420 g/mol. The minimum atomic E-state index is -3.73. The van der Waals surface area contributed by atoms with E-state index < -0.39 is 16.1 Å². The van der Waals surface area contributed by atoms with Gasteiger partial charge in [-0.1, -0.05) is 60.7 Å². The lowest BCUT2D eigenvalue weighted by atomic mass is 9.96. The van der Waals surface area contributed by atoms with E-state index in [1.54, 1.807) is 18.3 Å². The van der Waals surface area contributed by atoms with E-state index in [1.807, 2.05) is 59.9 Å². The average Bonchev–Trinajstić information content (AvgIpc) is 3.18. The molecule has 3 aromatic carbocycles. The number of carbonyl (C=O) groups is 1. The zero-order chi connectivity index (χ0) is 21.1. The lowest BCUT2D eigenvalue weighted by Crippen LogP contribution is -2.85. The van der Waals surface area contributed by atoms with E-state index in [0.717, 1.165) is 22.0 Å². The van der Waals surface area contributed by atoms with Crippen LogP contribution >= 0.6 is 0 Å². The summed E-state index contributed by atoms with van der Waals surface area (Å²) in [6.07, 6.45) is 1.76. The van der Waals surface area contributed by atoms with E-state index in [1.165, 1.54) is 12.1 Å². The van der Waals surface area contributed by atoms with Crippen molar-refractivity contribution in [3.63, 3.8) is 0 Å². The van der Waals surface area contributed by atoms with Crippen molar-refractivity contribution >= 4 is 26.7 Å². The van der Waals surface area contributed by atoms with Crippen molar-refractivity contribution in [1.82, 2.24) is 4.98 Å². The fourth-order valence-electron chi connectivity index (χ4n) is 3.57. The number of Topliss-reactive ketones (excluding diaryl/α,β-unsaturated/α-hetero) is 1. The number of ketones is 1. The van der Waals surface area contributed by atoms with Crippen LogP contribution in [0.1, 0.15) is 27.5 Å². The van der Waals surface area contributed by atoms with E-state index in [-0.39, 0.29) is 10.7 Å². The van der Waals surface area contributed by atoms with E-state index in [0.29, 0.717) is 12.1 Å². The summed E-state index contributed by atoms with van der Waals surface area (Å²) in [4.78, 5) is 16.7. The number of primary sulfonamides is 1. The maximum atomic E-state index is 13.5. The molecule has 0 saturated heterocycles. The highest BCUT2D eigenvalue weighted by Crippen LogP contribution is 2.23. The highest BCUT2D eigenvalue weighted by Gasteiger charge is 2.27. The van der Waals surface area contributed by atoms with E-state index in [2.05, 4.69) is 4.98 Å². The largest absolute Gasteiger partial charge is 0.360 e. The smallest absolute Gasteiger partial charge is 0.238 e. The number of benzene rings is 3. The van der Waals surface area contributed by atoms with Crippen LogP contribution < -0.4 is 10.5 Å². The Hall–Kier alpha value is -3.26. The Morgan fingerprint density at radius 3 is 2.30 bits per heavy atom. The number of aromatic amines is 1. The summed E-state index contributed by atoms with van der Waals surface area (Å²) in [7, 11) is -3.73. The number of aromatic nitrogens is 1. The van der Waals surface area contributed by atoms with Crippen LogP contribution in [-0.4, -0.2) is 19.2 Å². The Balaban J connectivity index is 1.62. The average molecular weight is 421 g/mol. The Morgan fingerprint density at radius 2 is 1.60 bits per heavy atom. The summed E-state index contributed by atoms with van der Waals surface area (Å²) in [6, 6.07) is 23.3. The molecule has 0 amide bonds. The number of sulfonamides is 1. The fourth-order valence-corrected chi connectivity index (χ4v) is 4.08. The van der Waals surface area contributed by atoms with Gasteiger partial charge in [0.25, 0.3) is 0 Å². The normalized spacial score (nSPS) is 12.7. The Morgan fingerprint density at radius 1 is 0.933 bits per heavy atom. The molecule has 1 aromatic heterocycles. The molecule has 0 saturated carbocycles. The number of hydrogen-bond donors (Lipinski definition) is 3. The fraction of sp³-hybridized carbons (Fsp3) is 0.0870. The molecule has 0 spiro atoms. The van der Waals surface area contributed by atoms with Crippen molar-refractivity contribution in [1.29, 1.82) is 0 Å². The van der Waals surface area contributed by atoms with Crippen LogP contribution in [0.15, 0.2) is 90.0 Å². The molecular weight excluding hydrogens is 398 g/mol. The summed E-state index contributed by atoms with van der Waals surface area (Å²) in [5.41, 5.74) is 3.38. The topological polar surface area (TPSA) is 110 Å². The first-order valence-electron chi connectivity index (χ1n) is 9.54. The molecular formula is C23H22N3O3S+. The van der Waals surface area contributed by atoms with Crippen molar-refractivity contribution in [2.45, 2.75) is 17.5 Å². The lowest BCUT2D eigenvalue weighted by Gasteiger charge is -2.15. The predicted molar refractivity (Wildman–Crippen MR) is 115 cm³/mol. The van der Waals surface area contributed by atoms with E-state index >= 15 is 0 Å². The Kier molecular flexibility index (Phi) is 5.50. The van der Waals surface area contributed by atoms with Crippen molar-refractivity contribution in [2.75, 3.05) is 0 Å². The molecule has 0 bridgehead atoms. The zero-order valence-corrected chi connectivity index (χ0v) is 17.0. The van der Waals surface area contributed by atoms with Crippen molar-refractivity contribution < 1.29 is 18.5 Å². The van der Waals surface area contributed by atoms with Gasteiger partial charge in [-0.15, -0.1) is 0 Å². The zero-order valence-electron chi connectivity index (χ0n) is 16.2. The van der Waals surface area contributed by atoms with Crippen molar-refractivity contribution in [3.8, 4) is 0 Å². The van der Waals surface area contributed by atoms with E-state index in [4.69, 9.17) is 5.14 Å². The first-order chi connectivity index (χ1) is 14.4. The lowest BCUT2D eigenvalue weighted by molar-refractivity contribution is -0.697. The SMILES string of the molecule is NS(=O)(=O)c1ccc(C[NH2+][C@@H](C(=O)c2c[nH]c3ccccc23)c2ccccc2)cc1. The van der Waals surface area contributed by atoms with Crippen LogP contribution in [-0.2, 0) is 16.6 Å².